The van der Waals surface area contributed by atoms with Crippen LogP contribution in [0.3, 0.4) is 0 Å². The van der Waals surface area contributed by atoms with Crippen LogP contribution in [-0.2, 0) is 11.3 Å². The van der Waals surface area contributed by atoms with Gasteiger partial charge in [-0.2, -0.15) is 0 Å². The number of fused-ring (bicyclic) bond motifs is 3. The number of hydrogen-bond donors (Lipinski definition) is 2. The molecule has 0 aromatic heterocycles. The third-order valence-corrected chi connectivity index (χ3v) is 5.39. The number of aliphatic hydroxyl groups is 1. The first-order valence-corrected chi connectivity index (χ1v) is 10.2. The van der Waals surface area contributed by atoms with Crippen molar-refractivity contribution in [3.63, 3.8) is 0 Å². The Morgan fingerprint density at radius 3 is 2.19 bits per heavy atom. The summed E-state index contributed by atoms with van der Waals surface area (Å²) in [6.45, 7) is -0.250. The fraction of sp³-hybridized carbons (Fsp3) is 0.192. The molecule has 1 amide bonds. The minimum Gasteiger partial charge on any atom is -0.449 e. The summed E-state index contributed by atoms with van der Waals surface area (Å²) < 4.78 is 32.7. The van der Waals surface area contributed by atoms with Crippen molar-refractivity contribution in [3.05, 3.63) is 94.6 Å². The van der Waals surface area contributed by atoms with Gasteiger partial charge in [0.2, 0.25) is 0 Å². The molecular formula is C26H21F2NO3. The van der Waals surface area contributed by atoms with E-state index in [-0.39, 0.29) is 36.6 Å². The molecule has 162 valence electrons. The highest BCUT2D eigenvalue weighted by Gasteiger charge is 2.28. The Bertz CT molecular complexity index is 1140. The van der Waals surface area contributed by atoms with Gasteiger partial charge in [-0.15, -0.1) is 0 Å². The first-order chi connectivity index (χ1) is 15.6. The number of benzene rings is 3. The summed E-state index contributed by atoms with van der Waals surface area (Å²) in [5.41, 5.74) is 4.38. The fourth-order valence-corrected chi connectivity index (χ4v) is 3.87. The van der Waals surface area contributed by atoms with E-state index >= 15 is 0 Å². The van der Waals surface area contributed by atoms with Gasteiger partial charge in [0.15, 0.2) is 0 Å². The van der Waals surface area contributed by atoms with Crippen LogP contribution in [0.1, 0.15) is 34.6 Å². The van der Waals surface area contributed by atoms with Gasteiger partial charge in [0.1, 0.15) is 18.2 Å². The number of carbonyl (C=O) groups is 1. The second-order valence-electron chi connectivity index (χ2n) is 7.38. The van der Waals surface area contributed by atoms with E-state index in [0.29, 0.717) is 0 Å². The van der Waals surface area contributed by atoms with Crippen molar-refractivity contribution in [1.29, 1.82) is 0 Å². The highest BCUT2D eigenvalue weighted by molar-refractivity contribution is 5.79. The van der Waals surface area contributed by atoms with Crippen molar-refractivity contribution in [2.45, 2.75) is 18.9 Å². The average molecular weight is 433 g/mol. The van der Waals surface area contributed by atoms with Crippen LogP contribution in [0, 0.1) is 23.5 Å². The van der Waals surface area contributed by atoms with Crippen LogP contribution in [0.5, 0.6) is 0 Å². The zero-order valence-electron chi connectivity index (χ0n) is 17.2. The topological polar surface area (TPSA) is 58.6 Å². The first kappa shape index (κ1) is 21.5. The van der Waals surface area contributed by atoms with Gasteiger partial charge in [0.05, 0.1) is 6.61 Å². The van der Waals surface area contributed by atoms with E-state index in [0.717, 1.165) is 34.4 Å². The molecule has 6 heteroatoms. The second kappa shape index (κ2) is 9.63. The zero-order chi connectivity index (χ0) is 22.5. The molecule has 3 aromatic rings. The molecule has 0 saturated carbocycles. The van der Waals surface area contributed by atoms with E-state index in [9.17, 15) is 13.6 Å². The maximum absolute atomic E-state index is 13.6. The Morgan fingerprint density at radius 1 is 1.00 bits per heavy atom. The monoisotopic (exact) mass is 433 g/mol. The lowest BCUT2D eigenvalue weighted by Crippen LogP contribution is -2.26. The van der Waals surface area contributed by atoms with Gasteiger partial charge < -0.3 is 15.2 Å². The summed E-state index contributed by atoms with van der Waals surface area (Å²) in [5.74, 6) is 3.71. The van der Waals surface area contributed by atoms with E-state index in [1.807, 2.05) is 24.3 Å². The molecule has 0 heterocycles. The number of alkyl carbamates (subject to hydrolysis) is 1. The molecule has 0 unspecified atom stereocenters. The smallest absolute Gasteiger partial charge is 0.407 e. The van der Waals surface area contributed by atoms with Crippen LogP contribution < -0.4 is 5.32 Å². The number of halogens is 2. The van der Waals surface area contributed by atoms with Crippen molar-refractivity contribution in [1.82, 2.24) is 5.32 Å². The predicted molar refractivity (Wildman–Crippen MR) is 117 cm³/mol. The Morgan fingerprint density at radius 2 is 1.59 bits per heavy atom. The van der Waals surface area contributed by atoms with Gasteiger partial charge in [-0.05, 0) is 34.4 Å². The van der Waals surface area contributed by atoms with E-state index in [1.54, 1.807) is 0 Å². The number of aliphatic hydroxyl groups excluding tert-OH is 1. The van der Waals surface area contributed by atoms with Crippen LogP contribution in [0.25, 0.3) is 11.1 Å². The van der Waals surface area contributed by atoms with Gasteiger partial charge in [0, 0.05) is 30.0 Å². The van der Waals surface area contributed by atoms with Gasteiger partial charge in [-0.3, -0.25) is 0 Å². The number of carbonyl (C=O) groups excluding carboxylic acids is 1. The lowest BCUT2D eigenvalue weighted by Gasteiger charge is -2.14. The van der Waals surface area contributed by atoms with Gasteiger partial charge in [-0.25, -0.2) is 13.6 Å². The maximum Gasteiger partial charge on any atom is 0.407 e. The Labute approximate surface area is 184 Å². The second-order valence-corrected chi connectivity index (χ2v) is 7.38. The first-order valence-electron chi connectivity index (χ1n) is 10.2. The van der Waals surface area contributed by atoms with Gasteiger partial charge in [0.25, 0.3) is 0 Å². The largest absolute Gasteiger partial charge is 0.449 e. The van der Waals surface area contributed by atoms with Crippen molar-refractivity contribution < 1.29 is 23.4 Å². The average Bonchev–Trinajstić information content (AvgIpc) is 3.11. The number of ether oxygens (including phenoxy) is 1. The number of amides is 1. The molecule has 4 nitrogen and oxygen atoms in total. The quantitative estimate of drug-likeness (QED) is 0.452. The molecule has 2 N–H and O–H groups in total. The summed E-state index contributed by atoms with van der Waals surface area (Å²) in [6.07, 6.45) is -0.257. The summed E-state index contributed by atoms with van der Waals surface area (Å²) >= 11 is 0. The fourth-order valence-electron chi connectivity index (χ4n) is 3.87. The van der Waals surface area contributed by atoms with Gasteiger partial charge in [-0.1, -0.05) is 60.4 Å². The van der Waals surface area contributed by atoms with Crippen LogP contribution in [0.2, 0.25) is 0 Å². The molecule has 0 radical (unpaired) electrons. The molecule has 4 rings (SSSR count). The normalized spacial score (nSPS) is 11.8. The molecular weight excluding hydrogens is 412 g/mol. The van der Waals surface area contributed by atoms with Crippen LogP contribution in [-0.4, -0.2) is 24.4 Å². The Hall–Kier alpha value is -3.69. The molecule has 1 aliphatic rings. The third-order valence-electron chi connectivity index (χ3n) is 5.39. The van der Waals surface area contributed by atoms with Crippen LogP contribution in [0.4, 0.5) is 13.6 Å². The van der Waals surface area contributed by atoms with E-state index in [4.69, 9.17) is 9.84 Å². The molecule has 0 spiro atoms. The number of rotatable bonds is 5. The molecule has 0 bridgehead atoms. The standard InChI is InChI=1S/C26H21F2NO3/c27-24-13-17(14-25(28)22(24)15-30)7-5-6-12-29-26(31)32-16-23-20-10-3-1-8-18(20)19-9-2-4-11-21(19)23/h1-4,8-11,13-14,23,30H,6,12,15-16H2,(H,29,31). The lowest BCUT2D eigenvalue weighted by molar-refractivity contribution is 0.143. The molecule has 0 atom stereocenters. The van der Waals surface area contributed by atoms with E-state index < -0.39 is 24.3 Å². The predicted octanol–water partition coefficient (Wildman–Crippen LogP) is 4.74. The Kier molecular flexibility index (Phi) is 6.48. The van der Waals surface area contributed by atoms with Gasteiger partial charge >= 0.3 is 6.09 Å². The van der Waals surface area contributed by atoms with Crippen molar-refractivity contribution in [3.8, 4) is 23.0 Å². The molecule has 0 saturated heterocycles. The van der Waals surface area contributed by atoms with Crippen LogP contribution >= 0.6 is 0 Å². The maximum atomic E-state index is 13.6. The summed E-state index contributed by atoms with van der Waals surface area (Å²) in [7, 11) is 0. The summed E-state index contributed by atoms with van der Waals surface area (Å²) in [5, 5.41) is 11.6. The van der Waals surface area contributed by atoms with Crippen molar-refractivity contribution in [2.75, 3.05) is 13.2 Å². The summed E-state index contributed by atoms with van der Waals surface area (Å²) in [6, 6.07) is 18.3. The molecule has 3 aromatic carbocycles. The summed E-state index contributed by atoms with van der Waals surface area (Å²) in [4.78, 5) is 12.1. The highest BCUT2D eigenvalue weighted by Crippen LogP contribution is 2.44. The van der Waals surface area contributed by atoms with Crippen molar-refractivity contribution in [2.24, 2.45) is 0 Å². The molecule has 32 heavy (non-hydrogen) atoms. The number of hydrogen-bond acceptors (Lipinski definition) is 3. The van der Waals surface area contributed by atoms with Crippen LogP contribution in [0.15, 0.2) is 60.7 Å². The van der Waals surface area contributed by atoms with E-state index in [2.05, 4.69) is 41.4 Å². The SMILES string of the molecule is O=C(NCCC#Cc1cc(F)c(CO)c(F)c1)OCC1c2ccccc2-c2ccccc21. The third kappa shape index (κ3) is 4.48. The van der Waals surface area contributed by atoms with E-state index in [1.165, 1.54) is 0 Å². The van der Waals surface area contributed by atoms with Crippen molar-refractivity contribution >= 4 is 6.09 Å². The molecule has 0 aliphatic heterocycles. The lowest BCUT2D eigenvalue weighted by atomic mass is 9.98. The minimum absolute atomic E-state index is 0.0142. The zero-order valence-corrected chi connectivity index (χ0v) is 17.2. The molecule has 1 aliphatic carbocycles. The number of nitrogens with one attached hydrogen (secondary N) is 1. The molecule has 0 fully saturated rings. The Balaban J connectivity index is 1.29. The minimum atomic E-state index is -0.839. The highest BCUT2D eigenvalue weighted by atomic mass is 19.1.